The molecule has 0 spiro atoms. The third-order valence-electron chi connectivity index (χ3n) is 4.56. The van der Waals surface area contributed by atoms with Crippen LogP contribution in [0.4, 0.5) is 0 Å². The van der Waals surface area contributed by atoms with Gasteiger partial charge in [0.25, 0.3) is 0 Å². The van der Waals surface area contributed by atoms with Gasteiger partial charge in [0.1, 0.15) is 13.2 Å². The Morgan fingerprint density at radius 1 is 1.28 bits per heavy atom. The average molecular weight is 351 g/mol. The second kappa shape index (κ2) is 10.9. The Kier molecular flexibility index (Phi) is 9.27. The van der Waals surface area contributed by atoms with Gasteiger partial charge in [-0.15, -0.1) is 0 Å². The number of hydrogen-bond acceptors (Lipinski definition) is 3. The van der Waals surface area contributed by atoms with Crippen LogP contribution in [0.1, 0.15) is 45.7 Å². The van der Waals surface area contributed by atoms with Crippen molar-refractivity contribution < 1.29 is 14.3 Å². The molecular weight excluding hydrogens is 318 g/mol. The van der Waals surface area contributed by atoms with E-state index in [0.29, 0.717) is 13.1 Å². The van der Waals surface area contributed by atoms with Crippen LogP contribution in [0.25, 0.3) is 0 Å². The molecule has 0 aliphatic heterocycles. The summed E-state index contributed by atoms with van der Waals surface area (Å²) in [5.74, 6) is -0.154. The number of aromatic nitrogens is 1. The summed E-state index contributed by atoms with van der Waals surface area (Å²) >= 11 is 0. The van der Waals surface area contributed by atoms with Crippen LogP contribution in [0.5, 0.6) is 0 Å². The molecule has 0 saturated carbocycles. The van der Waals surface area contributed by atoms with Crippen LogP contribution in [-0.2, 0) is 27.9 Å². The number of amides is 2. The molecule has 1 heterocycles. The number of unbranched alkanes of at least 4 members (excludes halogenated alkanes) is 1. The Hall–Kier alpha value is -1.82. The van der Waals surface area contributed by atoms with Crippen LogP contribution in [0.15, 0.2) is 18.3 Å². The van der Waals surface area contributed by atoms with Crippen molar-refractivity contribution in [2.75, 3.05) is 26.8 Å². The van der Waals surface area contributed by atoms with E-state index in [1.54, 1.807) is 4.90 Å². The van der Waals surface area contributed by atoms with E-state index in [2.05, 4.69) is 6.92 Å². The van der Waals surface area contributed by atoms with E-state index in [0.717, 1.165) is 25.0 Å². The zero-order valence-corrected chi connectivity index (χ0v) is 16.3. The molecule has 0 saturated heterocycles. The summed E-state index contributed by atoms with van der Waals surface area (Å²) < 4.78 is 6.99. The summed E-state index contributed by atoms with van der Waals surface area (Å²) in [7, 11) is 3.48. The third-order valence-corrected chi connectivity index (χ3v) is 4.56. The van der Waals surface area contributed by atoms with E-state index >= 15 is 0 Å². The summed E-state index contributed by atoms with van der Waals surface area (Å²) in [6.45, 7) is 7.46. The van der Waals surface area contributed by atoms with Gasteiger partial charge in [-0.05, 0) is 31.9 Å². The maximum absolute atomic E-state index is 12.9. The van der Waals surface area contributed by atoms with Crippen molar-refractivity contribution in [1.82, 2.24) is 14.4 Å². The molecule has 0 aromatic carbocycles. The Labute approximate surface area is 151 Å². The number of rotatable bonds is 11. The van der Waals surface area contributed by atoms with Gasteiger partial charge in [-0.25, -0.2) is 0 Å². The first-order valence-electron chi connectivity index (χ1n) is 9.10. The van der Waals surface area contributed by atoms with E-state index in [9.17, 15) is 9.59 Å². The lowest BCUT2D eigenvalue weighted by atomic mass is 10.2. The number of carbonyl (C=O) groups excluding carboxylic acids is 2. The monoisotopic (exact) mass is 351 g/mol. The van der Waals surface area contributed by atoms with Gasteiger partial charge in [0.2, 0.25) is 11.8 Å². The lowest BCUT2D eigenvalue weighted by Gasteiger charge is -2.31. The summed E-state index contributed by atoms with van der Waals surface area (Å²) in [6, 6.07) is 4.01. The van der Waals surface area contributed by atoms with E-state index in [4.69, 9.17) is 4.74 Å². The Balaban J connectivity index is 2.86. The van der Waals surface area contributed by atoms with Gasteiger partial charge in [0.05, 0.1) is 6.54 Å². The van der Waals surface area contributed by atoms with Crippen molar-refractivity contribution in [3.63, 3.8) is 0 Å². The highest BCUT2D eigenvalue weighted by atomic mass is 16.5. The molecule has 0 bridgehead atoms. The summed E-state index contributed by atoms with van der Waals surface area (Å²) in [4.78, 5) is 28.7. The molecule has 1 atom stereocenters. The minimum Gasteiger partial charge on any atom is -0.375 e. The molecule has 142 valence electrons. The molecular formula is C19H33N3O3. The summed E-state index contributed by atoms with van der Waals surface area (Å²) in [6.07, 6.45) is 4.75. The SMILES string of the molecule is CCCCN(Cc1cccn1C)C(=O)CN(C(=O)COC)[C@H](C)CC. The van der Waals surface area contributed by atoms with Gasteiger partial charge in [-0.1, -0.05) is 20.3 Å². The first-order valence-corrected chi connectivity index (χ1v) is 9.10. The number of ether oxygens (including phenoxy) is 1. The van der Waals surface area contributed by atoms with E-state index in [1.165, 1.54) is 7.11 Å². The van der Waals surface area contributed by atoms with Gasteiger partial charge >= 0.3 is 0 Å². The molecule has 1 aromatic heterocycles. The maximum Gasteiger partial charge on any atom is 0.249 e. The van der Waals surface area contributed by atoms with Crippen LogP contribution in [-0.4, -0.2) is 59.0 Å². The molecule has 0 unspecified atom stereocenters. The van der Waals surface area contributed by atoms with Crippen molar-refractivity contribution >= 4 is 11.8 Å². The quantitative estimate of drug-likeness (QED) is 0.615. The molecule has 0 aliphatic rings. The van der Waals surface area contributed by atoms with Crippen LogP contribution >= 0.6 is 0 Å². The molecule has 25 heavy (non-hydrogen) atoms. The lowest BCUT2D eigenvalue weighted by Crippen LogP contribution is -2.47. The first-order chi connectivity index (χ1) is 11.9. The molecule has 6 heteroatoms. The second-order valence-electron chi connectivity index (χ2n) is 6.49. The molecule has 1 aromatic rings. The average Bonchev–Trinajstić information content (AvgIpc) is 3.00. The highest BCUT2D eigenvalue weighted by Crippen LogP contribution is 2.10. The fourth-order valence-electron chi connectivity index (χ4n) is 2.66. The Morgan fingerprint density at radius 3 is 2.52 bits per heavy atom. The smallest absolute Gasteiger partial charge is 0.249 e. The number of aryl methyl sites for hydroxylation is 1. The van der Waals surface area contributed by atoms with Crippen molar-refractivity contribution in [1.29, 1.82) is 0 Å². The van der Waals surface area contributed by atoms with Gasteiger partial charge < -0.3 is 19.1 Å². The Bertz CT molecular complexity index is 542. The maximum atomic E-state index is 12.9. The summed E-state index contributed by atoms with van der Waals surface area (Å²) in [5.41, 5.74) is 1.09. The van der Waals surface area contributed by atoms with Crippen molar-refractivity contribution in [2.45, 2.75) is 52.6 Å². The Morgan fingerprint density at radius 2 is 2.00 bits per heavy atom. The number of hydrogen-bond donors (Lipinski definition) is 0. The van der Waals surface area contributed by atoms with E-state index < -0.39 is 0 Å². The molecule has 0 fully saturated rings. The van der Waals surface area contributed by atoms with E-state index in [-0.39, 0.29) is 31.0 Å². The van der Waals surface area contributed by atoms with Gasteiger partial charge in [0, 0.05) is 38.6 Å². The van der Waals surface area contributed by atoms with Crippen LogP contribution < -0.4 is 0 Å². The molecule has 0 radical (unpaired) electrons. The molecule has 2 amide bonds. The lowest BCUT2D eigenvalue weighted by molar-refractivity contribution is -0.145. The van der Waals surface area contributed by atoms with Gasteiger partial charge in [-0.3, -0.25) is 9.59 Å². The fourth-order valence-corrected chi connectivity index (χ4v) is 2.66. The highest BCUT2D eigenvalue weighted by Gasteiger charge is 2.24. The molecule has 6 nitrogen and oxygen atoms in total. The number of methoxy groups -OCH3 is 1. The summed E-state index contributed by atoms with van der Waals surface area (Å²) in [5, 5.41) is 0. The first kappa shape index (κ1) is 21.2. The number of carbonyl (C=O) groups is 2. The highest BCUT2D eigenvalue weighted by molar-refractivity contribution is 5.85. The zero-order chi connectivity index (χ0) is 18.8. The van der Waals surface area contributed by atoms with Crippen molar-refractivity contribution in [2.24, 2.45) is 7.05 Å². The minimum atomic E-state index is -0.139. The van der Waals surface area contributed by atoms with E-state index in [1.807, 2.05) is 48.7 Å². The fraction of sp³-hybridized carbons (Fsp3) is 0.684. The van der Waals surface area contributed by atoms with Crippen LogP contribution in [0.2, 0.25) is 0 Å². The molecule has 0 N–H and O–H groups in total. The standard InChI is InChI=1S/C19H33N3O3/c1-6-8-12-21(13-17-10-9-11-20(17)4)18(23)14-22(16(3)7-2)19(24)15-25-5/h9-11,16H,6-8,12-15H2,1-5H3/t16-/m1/s1. The predicted molar refractivity (Wildman–Crippen MR) is 99.1 cm³/mol. The zero-order valence-electron chi connectivity index (χ0n) is 16.3. The van der Waals surface area contributed by atoms with Gasteiger partial charge in [-0.2, -0.15) is 0 Å². The predicted octanol–water partition coefficient (Wildman–Crippen LogP) is 2.43. The largest absolute Gasteiger partial charge is 0.375 e. The van der Waals surface area contributed by atoms with Crippen molar-refractivity contribution in [3.05, 3.63) is 24.0 Å². The second-order valence-corrected chi connectivity index (χ2v) is 6.49. The van der Waals surface area contributed by atoms with Crippen molar-refractivity contribution in [3.8, 4) is 0 Å². The third kappa shape index (κ3) is 6.53. The van der Waals surface area contributed by atoms with Gasteiger partial charge in [0.15, 0.2) is 0 Å². The molecule has 0 aliphatic carbocycles. The topological polar surface area (TPSA) is 54.8 Å². The normalized spacial score (nSPS) is 12.0. The van der Waals surface area contributed by atoms with Crippen LogP contribution in [0.3, 0.4) is 0 Å². The minimum absolute atomic E-state index is 0.00436. The van der Waals surface area contributed by atoms with Crippen LogP contribution in [0, 0.1) is 0 Å². The molecule has 1 rings (SSSR count). The number of nitrogens with zero attached hydrogens (tertiary/aromatic N) is 3.